The molecule has 0 spiro atoms. The summed E-state index contributed by atoms with van der Waals surface area (Å²) in [5, 5.41) is 4.40. The van der Waals surface area contributed by atoms with Crippen LogP contribution in [-0.4, -0.2) is 9.97 Å². The first-order valence-corrected chi connectivity index (χ1v) is 7.22. The van der Waals surface area contributed by atoms with Gasteiger partial charge in [-0.15, -0.1) is 0 Å². The summed E-state index contributed by atoms with van der Waals surface area (Å²) in [7, 11) is 0. The predicted molar refractivity (Wildman–Crippen MR) is 83.0 cm³/mol. The first kappa shape index (κ1) is 14.6. The van der Waals surface area contributed by atoms with Crippen LogP contribution in [0.1, 0.15) is 24.4 Å². The van der Waals surface area contributed by atoms with Gasteiger partial charge in [-0.1, -0.05) is 39.1 Å². The van der Waals surface area contributed by atoms with E-state index in [9.17, 15) is 0 Å². The highest BCUT2D eigenvalue weighted by Gasteiger charge is 2.14. The first-order valence-electron chi connectivity index (χ1n) is 5.67. The van der Waals surface area contributed by atoms with Crippen molar-refractivity contribution in [2.24, 2.45) is 0 Å². The second-order valence-electron chi connectivity index (χ2n) is 4.14. The quantitative estimate of drug-likeness (QED) is 0.834. The summed E-state index contributed by atoms with van der Waals surface area (Å²) in [6.45, 7) is 3.91. The average molecular weight is 361 g/mol. The van der Waals surface area contributed by atoms with Crippen molar-refractivity contribution in [1.82, 2.24) is 9.97 Å². The van der Waals surface area contributed by atoms with Gasteiger partial charge in [-0.05, 0) is 26.0 Å². The molecule has 1 atom stereocenters. The van der Waals surface area contributed by atoms with Crippen molar-refractivity contribution in [2.75, 3.05) is 5.32 Å². The second-order valence-corrected chi connectivity index (χ2v) is 5.87. The van der Waals surface area contributed by atoms with E-state index in [0.717, 1.165) is 15.9 Å². The number of hydrogen-bond acceptors (Lipinski definition) is 3. The highest BCUT2D eigenvalue weighted by Crippen LogP contribution is 2.35. The molecule has 0 aliphatic rings. The van der Waals surface area contributed by atoms with Crippen molar-refractivity contribution >= 4 is 44.8 Å². The largest absolute Gasteiger partial charge is 0.374 e. The van der Waals surface area contributed by atoms with Crippen molar-refractivity contribution < 1.29 is 0 Å². The molecule has 6 heteroatoms. The Bertz CT molecular complexity index is 581. The van der Waals surface area contributed by atoms with Crippen LogP contribution in [0.2, 0.25) is 10.0 Å². The number of aromatic nitrogens is 2. The molecule has 0 aliphatic heterocycles. The molecule has 1 N–H and O–H groups in total. The van der Waals surface area contributed by atoms with E-state index in [0.29, 0.717) is 15.7 Å². The summed E-state index contributed by atoms with van der Waals surface area (Å²) in [6.07, 6.45) is 3.34. The number of halogens is 3. The normalized spacial score (nSPS) is 12.3. The third-order valence-corrected chi connectivity index (χ3v) is 3.75. The molecule has 2 rings (SSSR count). The van der Waals surface area contributed by atoms with Crippen LogP contribution in [0.4, 0.5) is 5.69 Å². The number of hydrogen-bond donors (Lipinski definition) is 1. The van der Waals surface area contributed by atoms with Crippen molar-refractivity contribution in [3.05, 3.63) is 50.4 Å². The van der Waals surface area contributed by atoms with Gasteiger partial charge >= 0.3 is 0 Å². The van der Waals surface area contributed by atoms with Crippen molar-refractivity contribution in [3.8, 4) is 0 Å². The van der Waals surface area contributed by atoms with Gasteiger partial charge in [0.2, 0.25) is 0 Å². The number of nitrogens with zero attached hydrogens (tertiary/aromatic N) is 2. The van der Waals surface area contributed by atoms with Gasteiger partial charge in [0, 0.05) is 16.9 Å². The van der Waals surface area contributed by atoms with Gasteiger partial charge in [0.1, 0.15) is 0 Å². The minimum absolute atomic E-state index is 0.0372. The summed E-state index contributed by atoms with van der Waals surface area (Å²) >= 11 is 15.7. The lowest BCUT2D eigenvalue weighted by Crippen LogP contribution is -2.11. The zero-order valence-electron chi connectivity index (χ0n) is 10.4. The third-order valence-electron chi connectivity index (χ3n) is 2.70. The van der Waals surface area contributed by atoms with Gasteiger partial charge in [0.15, 0.2) is 0 Å². The minimum atomic E-state index is -0.0372. The van der Waals surface area contributed by atoms with Crippen LogP contribution in [0.5, 0.6) is 0 Å². The molecule has 0 saturated heterocycles. The number of benzene rings is 1. The van der Waals surface area contributed by atoms with Crippen LogP contribution in [-0.2, 0) is 0 Å². The number of aryl methyl sites for hydroxylation is 1. The molecule has 100 valence electrons. The average Bonchev–Trinajstić information content (AvgIpc) is 2.34. The van der Waals surface area contributed by atoms with Crippen LogP contribution < -0.4 is 5.32 Å². The Morgan fingerprint density at radius 1 is 1.16 bits per heavy atom. The van der Waals surface area contributed by atoms with Gasteiger partial charge in [0.05, 0.1) is 33.2 Å². The van der Waals surface area contributed by atoms with Crippen molar-refractivity contribution in [2.45, 2.75) is 19.9 Å². The first-order chi connectivity index (χ1) is 8.99. The molecule has 1 heterocycles. The molecule has 1 unspecified atom stereocenters. The SMILES string of the molecule is Cc1nccnc1C(C)Nc1c(Cl)cc(Br)cc1Cl. The zero-order valence-corrected chi connectivity index (χ0v) is 13.5. The Morgan fingerprint density at radius 3 is 2.32 bits per heavy atom. The molecular weight excluding hydrogens is 349 g/mol. The fraction of sp³-hybridized carbons (Fsp3) is 0.231. The van der Waals surface area contributed by atoms with E-state index in [1.807, 2.05) is 13.8 Å². The fourth-order valence-electron chi connectivity index (χ4n) is 1.81. The van der Waals surface area contributed by atoms with Gasteiger partial charge in [-0.3, -0.25) is 9.97 Å². The molecule has 3 nitrogen and oxygen atoms in total. The molecule has 0 radical (unpaired) electrons. The second kappa shape index (κ2) is 6.07. The molecule has 0 fully saturated rings. The fourth-order valence-corrected chi connectivity index (χ4v) is 3.13. The smallest absolute Gasteiger partial charge is 0.0835 e. The Kier molecular flexibility index (Phi) is 4.66. The lowest BCUT2D eigenvalue weighted by atomic mass is 10.1. The summed E-state index contributed by atoms with van der Waals surface area (Å²) < 4.78 is 0.844. The molecule has 0 saturated carbocycles. The van der Waals surface area contributed by atoms with Crippen molar-refractivity contribution in [1.29, 1.82) is 0 Å². The summed E-state index contributed by atoms with van der Waals surface area (Å²) in [5.41, 5.74) is 2.45. The maximum absolute atomic E-state index is 6.19. The molecule has 0 amide bonds. The standard InChI is InChI=1S/C13H12BrCl2N3/c1-7-12(18-4-3-17-7)8(2)19-13-10(15)5-9(14)6-11(13)16/h3-6,8,19H,1-2H3. The van der Waals surface area contributed by atoms with E-state index in [4.69, 9.17) is 23.2 Å². The molecule has 0 aliphatic carbocycles. The summed E-state index contributed by atoms with van der Waals surface area (Å²) in [4.78, 5) is 8.56. The van der Waals surface area contributed by atoms with Crippen LogP contribution in [0.25, 0.3) is 0 Å². The van der Waals surface area contributed by atoms with E-state index in [1.165, 1.54) is 0 Å². The van der Waals surface area contributed by atoms with Gasteiger partial charge in [-0.25, -0.2) is 0 Å². The third kappa shape index (κ3) is 3.38. The van der Waals surface area contributed by atoms with E-state index in [1.54, 1.807) is 24.5 Å². The summed E-state index contributed by atoms with van der Waals surface area (Å²) in [5.74, 6) is 0. The Balaban J connectivity index is 2.29. The van der Waals surface area contributed by atoms with E-state index < -0.39 is 0 Å². The van der Waals surface area contributed by atoms with E-state index in [2.05, 4.69) is 31.2 Å². The zero-order chi connectivity index (χ0) is 14.0. The van der Waals surface area contributed by atoms with Crippen LogP contribution in [0.3, 0.4) is 0 Å². The van der Waals surface area contributed by atoms with E-state index in [-0.39, 0.29) is 6.04 Å². The van der Waals surface area contributed by atoms with E-state index >= 15 is 0 Å². The molecule has 19 heavy (non-hydrogen) atoms. The topological polar surface area (TPSA) is 37.8 Å². The van der Waals surface area contributed by atoms with Crippen LogP contribution in [0.15, 0.2) is 29.0 Å². The number of nitrogens with one attached hydrogen (secondary N) is 1. The maximum Gasteiger partial charge on any atom is 0.0835 e. The Hall–Kier alpha value is -0.840. The molecule has 1 aromatic heterocycles. The lowest BCUT2D eigenvalue weighted by molar-refractivity contribution is 0.810. The highest BCUT2D eigenvalue weighted by atomic mass is 79.9. The Labute approximate surface area is 130 Å². The van der Waals surface area contributed by atoms with Crippen LogP contribution in [0, 0.1) is 6.92 Å². The molecular formula is C13H12BrCl2N3. The highest BCUT2D eigenvalue weighted by molar-refractivity contribution is 9.10. The molecule has 2 aromatic rings. The van der Waals surface area contributed by atoms with Gasteiger partial charge < -0.3 is 5.32 Å². The number of rotatable bonds is 3. The van der Waals surface area contributed by atoms with Gasteiger partial charge in [-0.2, -0.15) is 0 Å². The molecule has 1 aromatic carbocycles. The minimum Gasteiger partial charge on any atom is -0.374 e. The predicted octanol–water partition coefficient (Wildman–Crippen LogP) is 5.03. The van der Waals surface area contributed by atoms with Crippen molar-refractivity contribution in [3.63, 3.8) is 0 Å². The monoisotopic (exact) mass is 359 g/mol. The maximum atomic E-state index is 6.19. The van der Waals surface area contributed by atoms with Crippen LogP contribution >= 0.6 is 39.1 Å². The molecule has 0 bridgehead atoms. The number of anilines is 1. The lowest BCUT2D eigenvalue weighted by Gasteiger charge is -2.18. The Morgan fingerprint density at radius 2 is 1.74 bits per heavy atom. The van der Waals surface area contributed by atoms with Gasteiger partial charge in [0.25, 0.3) is 0 Å². The summed E-state index contributed by atoms with van der Waals surface area (Å²) in [6, 6.07) is 3.56.